The van der Waals surface area contributed by atoms with Gasteiger partial charge in [-0.1, -0.05) is 30.7 Å². The smallest absolute Gasteiger partial charge is 0.246 e. The van der Waals surface area contributed by atoms with Gasteiger partial charge in [-0.2, -0.15) is 0 Å². The average molecular weight is 331 g/mol. The first-order chi connectivity index (χ1) is 11.0. The molecular weight excluding hydrogens is 312 g/mol. The molecule has 2 heterocycles. The number of hydrogen-bond donors (Lipinski definition) is 1. The largest absolute Gasteiger partial charge is 0.391 e. The van der Waals surface area contributed by atoms with Gasteiger partial charge in [0, 0.05) is 29.6 Å². The molecule has 1 aliphatic rings. The van der Waals surface area contributed by atoms with Crippen LogP contribution >= 0.6 is 11.6 Å². The van der Waals surface area contributed by atoms with Crippen molar-refractivity contribution in [3.63, 3.8) is 0 Å². The third-order valence-electron chi connectivity index (χ3n) is 4.30. The predicted molar refractivity (Wildman–Crippen MR) is 92.2 cm³/mol. The Labute approximate surface area is 140 Å². The van der Waals surface area contributed by atoms with Crippen molar-refractivity contribution in [3.8, 4) is 0 Å². The Balaban J connectivity index is 1.73. The standard InChI is InChI=1S/C18H19ClN2O2/c1-12-8-9-21(11-17(12)22)18(23)7-6-15-5-3-13-2-4-14(19)10-16(13)20-15/h2-7,10,12,17,22H,8-9,11H2,1H3/b7-6+. The molecule has 120 valence electrons. The number of carbonyl (C=O) groups excluding carboxylic acids is 1. The average Bonchev–Trinajstić information content (AvgIpc) is 2.54. The Morgan fingerprint density at radius 1 is 1.39 bits per heavy atom. The molecule has 1 amide bonds. The monoisotopic (exact) mass is 330 g/mol. The molecule has 0 bridgehead atoms. The number of nitrogens with zero attached hydrogens (tertiary/aromatic N) is 2. The van der Waals surface area contributed by atoms with E-state index in [-0.39, 0.29) is 11.8 Å². The molecule has 0 radical (unpaired) electrons. The number of amides is 1. The molecular formula is C18H19ClN2O2. The number of hydrogen-bond acceptors (Lipinski definition) is 3. The van der Waals surface area contributed by atoms with Gasteiger partial charge in [-0.15, -0.1) is 0 Å². The summed E-state index contributed by atoms with van der Waals surface area (Å²) in [5, 5.41) is 11.5. The second kappa shape index (κ2) is 6.69. The van der Waals surface area contributed by atoms with E-state index in [1.807, 2.05) is 31.2 Å². The summed E-state index contributed by atoms with van der Waals surface area (Å²) < 4.78 is 0. The van der Waals surface area contributed by atoms with Crippen LogP contribution in [-0.2, 0) is 4.79 Å². The maximum atomic E-state index is 12.2. The van der Waals surface area contributed by atoms with Crippen molar-refractivity contribution >= 4 is 34.5 Å². The van der Waals surface area contributed by atoms with Crippen LogP contribution < -0.4 is 0 Å². The summed E-state index contributed by atoms with van der Waals surface area (Å²) in [4.78, 5) is 18.4. The van der Waals surface area contributed by atoms with Crippen LogP contribution in [0.1, 0.15) is 19.0 Å². The van der Waals surface area contributed by atoms with Crippen molar-refractivity contribution in [2.24, 2.45) is 5.92 Å². The van der Waals surface area contributed by atoms with E-state index >= 15 is 0 Å². The number of benzene rings is 1. The zero-order valence-corrected chi connectivity index (χ0v) is 13.7. The molecule has 1 N–H and O–H groups in total. The van der Waals surface area contributed by atoms with E-state index in [1.54, 1.807) is 17.0 Å². The second-order valence-corrected chi connectivity index (χ2v) is 6.46. The molecule has 2 atom stereocenters. The number of β-amino-alcohol motifs (C(OH)–C–C–N with tert-alkyl or cyclic N) is 1. The van der Waals surface area contributed by atoms with Gasteiger partial charge in [0.05, 0.1) is 17.3 Å². The molecule has 0 aliphatic carbocycles. The van der Waals surface area contributed by atoms with Crippen LogP contribution in [0.25, 0.3) is 17.0 Å². The number of pyridine rings is 1. The van der Waals surface area contributed by atoms with Crippen LogP contribution in [0.15, 0.2) is 36.4 Å². The van der Waals surface area contributed by atoms with Crippen molar-refractivity contribution in [2.45, 2.75) is 19.4 Å². The van der Waals surface area contributed by atoms with Crippen LogP contribution in [0.5, 0.6) is 0 Å². The highest BCUT2D eigenvalue weighted by Gasteiger charge is 2.26. The van der Waals surface area contributed by atoms with Gasteiger partial charge in [0.25, 0.3) is 0 Å². The van der Waals surface area contributed by atoms with Gasteiger partial charge < -0.3 is 10.0 Å². The number of fused-ring (bicyclic) bond motifs is 1. The third kappa shape index (κ3) is 3.71. The molecule has 1 aromatic carbocycles. The van der Waals surface area contributed by atoms with Gasteiger partial charge in [0.15, 0.2) is 0 Å². The summed E-state index contributed by atoms with van der Waals surface area (Å²) in [6.45, 7) is 3.08. The van der Waals surface area contributed by atoms with E-state index in [9.17, 15) is 9.90 Å². The Morgan fingerprint density at radius 3 is 2.96 bits per heavy atom. The molecule has 2 aromatic rings. The molecule has 1 saturated heterocycles. The maximum absolute atomic E-state index is 12.2. The van der Waals surface area contributed by atoms with Crippen molar-refractivity contribution < 1.29 is 9.90 Å². The summed E-state index contributed by atoms with van der Waals surface area (Å²) in [5.74, 6) is 0.152. The first-order valence-corrected chi connectivity index (χ1v) is 8.12. The Kier molecular flexibility index (Phi) is 4.64. The summed E-state index contributed by atoms with van der Waals surface area (Å²) in [6.07, 6.45) is 3.60. The van der Waals surface area contributed by atoms with Gasteiger partial charge in [0.1, 0.15) is 0 Å². The normalized spacial score (nSPS) is 22.0. The van der Waals surface area contributed by atoms with Crippen LogP contribution in [0.4, 0.5) is 0 Å². The molecule has 5 heteroatoms. The quantitative estimate of drug-likeness (QED) is 0.861. The number of aliphatic hydroxyl groups excluding tert-OH is 1. The molecule has 3 rings (SSSR count). The topological polar surface area (TPSA) is 53.4 Å². The highest BCUT2D eigenvalue weighted by atomic mass is 35.5. The lowest BCUT2D eigenvalue weighted by Crippen LogP contribution is -2.45. The van der Waals surface area contributed by atoms with Gasteiger partial charge in [-0.05, 0) is 36.6 Å². The van der Waals surface area contributed by atoms with E-state index < -0.39 is 6.10 Å². The third-order valence-corrected chi connectivity index (χ3v) is 4.54. The van der Waals surface area contributed by atoms with E-state index in [2.05, 4.69) is 4.98 Å². The Morgan fingerprint density at radius 2 is 2.17 bits per heavy atom. The van der Waals surface area contributed by atoms with Gasteiger partial charge >= 0.3 is 0 Å². The molecule has 1 aliphatic heterocycles. The fraction of sp³-hybridized carbons (Fsp3) is 0.333. The second-order valence-electron chi connectivity index (χ2n) is 6.02. The number of piperidine rings is 1. The minimum absolute atomic E-state index is 0.0936. The zero-order valence-electron chi connectivity index (χ0n) is 12.9. The van der Waals surface area contributed by atoms with Crippen molar-refractivity contribution in [3.05, 3.63) is 47.1 Å². The van der Waals surface area contributed by atoms with Crippen molar-refractivity contribution in [1.82, 2.24) is 9.88 Å². The number of halogens is 1. The lowest BCUT2D eigenvalue weighted by Gasteiger charge is -2.33. The fourth-order valence-corrected chi connectivity index (χ4v) is 2.88. The number of likely N-dealkylation sites (tertiary alicyclic amines) is 1. The van der Waals surface area contributed by atoms with Crippen LogP contribution in [0, 0.1) is 5.92 Å². The first-order valence-electron chi connectivity index (χ1n) is 7.74. The summed E-state index contributed by atoms with van der Waals surface area (Å²) in [7, 11) is 0. The Hall–Kier alpha value is -1.91. The summed E-state index contributed by atoms with van der Waals surface area (Å²) >= 11 is 5.98. The lowest BCUT2D eigenvalue weighted by molar-refractivity contribution is -0.130. The molecule has 2 unspecified atom stereocenters. The van der Waals surface area contributed by atoms with E-state index in [4.69, 9.17) is 11.6 Å². The molecule has 1 fully saturated rings. The van der Waals surface area contributed by atoms with Gasteiger partial charge in [-0.3, -0.25) is 4.79 Å². The SMILES string of the molecule is CC1CCN(C(=O)/C=C/c2ccc3ccc(Cl)cc3n2)CC1O. The highest BCUT2D eigenvalue weighted by Crippen LogP contribution is 2.19. The maximum Gasteiger partial charge on any atom is 0.246 e. The first kappa shape index (κ1) is 16.0. The fourth-order valence-electron chi connectivity index (χ4n) is 2.71. The van der Waals surface area contributed by atoms with Crippen LogP contribution in [0.3, 0.4) is 0 Å². The van der Waals surface area contributed by atoms with Gasteiger partial charge in [0.2, 0.25) is 5.91 Å². The molecule has 0 spiro atoms. The number of rotatable bonds is 2. The summed E-state index contributed by atoms with van der Waals surface area (Å²) in [5.41, 5.74) is 1.51. The van der Waals surface area contributed by atoms with E-state index in [0.29, 0.717) is 23.8 Å². The van der Waals surface area contributed by atoms with Crippen LogP contribution in [-0.4, -0.2) is 40.1 Å². The van der Waals surface area contributed by atoms with E-state index in [0.717, 1.165) is 17.3 Å². The zero-order chi connectivity index (χ0) is 16.4. The Bertz CT molecular complexity index is 760. The van der Waals surface area contributed by atoms with E-state index in [1.165, 1.54) is 6.08 Å². The minimum Gasteiger partial charge on any atom is -0.391 e. The van der Waals surface area contributed by atoms with Gasteiger partial charge in [-0.25, -0.2) is 4.98 Å². The molecule has 0 saturated carbocycles. The lowest BCUT2D eigenvalue weighted by atomic mass is 9.96. The molecule has 23 heavy (non-hydrogen) atoms. The summed E-state index contributed by atoms with van der Waals surface area (Å²) in [6, 6.07) is 9.37. The minimum atomic E-state index is -0.443. The number of carbonyl (C=O) groups is 1. The van der Waals surface area contributed by atoms with Crippen LogP contribution in [0.2, 0.25) is 5.02 Å². The molecule has 4 nitrogen and oxygen atoms in total. The molecule has 1 aromatic heterocycles. The van der Waals surface area contributed by atoms with Crippen molar-refractivity contribution in [2.75, 3.05) is 13.1 Å². The number of aromatic nitrogens is 1. The van der Waals surface area contributed by atoms with Crippen molar-refractivity contribution in [1.29, 1.82) is 0 Å². The predicted octanol–water partition coefficient (Wildman–Crippen LogP) is 3.13. The number of aliphatic hydroxyl groups is 1. The highest BCUT2D eigenvalue weighted by molar-refractivity contribution is 6.31.